The number of para-hydroxylation sites is 1. The average molecular weight is 523 g/mol. The van der Waals surface area contributed by atoms with Gasteiger partial charge in [0, 0.05) is 16.3 Å². The highest BCUT2D eigenvalue weighted by Gasteiger charge is 2.12. The monoisotopic (exact) mass is 522 g/mol. The second kappa shape index (κ2) is 12.6. The van der Waals surface area contributed by atoms with Gasteiger partial charge in [0.1, 0.15) is 36.4 Å². The molecule has 0 aliphatic heterocycles. The molecule has 0 radical (unpaired) electrons. The van der Waals surface area contributed by atoms with Gasteiger partial charge in [-0.15, -0.1) is 0 Å². The third-order valence-electron chi connectivity index (χ3n) is 5.98. The van der Waals surface area contributed by atoms with E-state index < -0.39 is 5.91 Å². The second-order valence-corrected chi connectivity index (χ2v) is 9.25. The predicted octanol–water partition coefficient (Wildman–Crippen LogP) is 7.66. The standard InChI is InChI=1S/C32H27ClN2O3/c1-22-7-8-25(17-23(22)2)21-38-31-6-4-3-5-26(31)18-27(19-34)32(36)35-29-13-15-30(16-14-29)37-20-24-9-11-28(33)12-10-24/h3-18H,20-21H2,1-2H3,(H,35,36)/b27-18+. The van der Waals surface area contributed by atoms with E-state index in [2.05, 4.69) is 31.3 Å². The number of benzene rings is 4. The van der Waals surface area contributed by atoms with Crippen LogP contribution in [0.25, 0.3) is 6.08 Å². The molecule has 4 aromatic rings. The van der Waals surface area contributed by atoms with Crippen LogP contribution in [0, 0.1) is 25.2 Å². The fraction of sp³-hybridized carbons (Fsp3) is 0.125. The first-order valence-corrected chi connectivity index (χ1v) is 12.5. The summed E-state index contributed by atoms with van der Waals surface area (Å²) >= 11 is 5.91. The highest BCUT2D eigenvalue weighted by molar-refractivity contribution is 6.30. The number of aryl methyl sites for hydroxylation is 2. The summed E-state index contributed by atoms with van der Waals surface area (Å²) in [6.07, 6.45) is 1.54. The van der Waals surface area contributed by atoms with Crippen molar-refractivity contribution in [2.45, 2.75) is 27.1 Å². The summed E-state index contributed by atoms with van der Waals surface area (Å²) in [6.45, 7) is 4.91. The predicted molar refractivity (Wildman–Crippen MR) is 151 cm³/mol. The minimum absolute atomic E-state index is 0.0321. The van der Waals surface area contributed by atoms with E-state index in [4.69, 9.17) is 21.1 Å². The molecule has 0 aliphatic carbocycles. The average Bonchev–Trinajstić information content (AvgIpc) is 2.93. The van der Waals surface area contributed by atoms with E-state index in [9.17, 15) is 10.1 Å². The smallest absolute Gasteiger partial charge is 0.266 e. The number of carbonyl (C=O) groups is 1. The van der Waals surface area contributed by atoms with Crippen LogP contribution in [0.4, 0.5) is 5.69 Å². The van der Waals surface area contributed by atoms with Crippen molar-refractivity contribution < 1.29 is 14.3 Å². The highest BCUT2D eigenvalue weighted by atomic mass is 35.5. The molecule has 0 saturated carbocycles. The maximum absolute atomic E-state index is 12.8. The molecule has 0 atom stereocenters. The zero-order chi connectivity index (χ0) is 26.9. The van der Waals surface area contributed by atoms with Crippen LogP contribution in [-0.4, -0.2) is 5.91 Å². The van der Waals surface area contributed by atoms with Gasteiger partial charge in [0.15, 0.2) is 0 Å². The summed E-state index contributed by atoms with van der Waals surface area (Å²) in [5, 5.41) is 13.1. The van der Waals surface area contributed by atoms with Crippen molar-refractivity contribution in [3.8, 4) is 17.6 Å². The Labute approximate surface area is 227 Å². The number of hydrogen-bond donors (Lipinski definition) is 1. The van der Waals surface area contributed by atoms with Crippen LogP contribution >= 0.6 is 11.6 Å². The molecule has 1 N–H and O–H groups in total. The molecule has 38 heavy (non-hydrogen) atoms. The Kier molecular flexibility index (Phi) is 8.81. The van der Waals surface area contributed by atoms with Crippen molar-refractivity contribution in [3.05, 3.63) is 129 Å². The molecule has 0 heterocycles. The van der Waals surface area contributed by atoms with E-state index in [1.165, 1.54) is 17.2 Å². The van der Waals surface area contributed by atoms with E-state index in [-0.39, 0.29) is 5.57 Å². The van der Waals surface area contributed by atoms with Crippen molar-refractivity contribution in [1.29, 1.82) is 5.26 Å². The van der Waals surface area contributed by atoms with E-state index in [0.29, 0.717) is 41.0 Å². The lowest BCUT2D eigenvalue weighted by Gasteiger charge is -2.11. The first-order chi connectivity index (χ1) is 18.4. The third-order valence-corrected chi connectivity index (χ3v) is 6.23. The molecule has 0 aliphatic rings. The van der Waals surface area contributed by atoms with Crippen molar-refractivity contribution in [1.82, 2.24) is 0 Å². The fourth-order valence-electron chi connectivity index (χ4n) is 3.67. The zero-order valence-electron chi connectivity index (χ0n) is 21.2. The molecule has 4 aromatic carbocycles. The zero-order valence-corrected chi connectivity index (χ0v) is 22.0. The van der Waals surface area contributed by atoms with Crippen molar-refractivity contribution in [2.24, 2.45) is 0 Å². The lowest BCUT2D eigenvalue weighted by molar-refractivity contribution is -0.112. The summed E-state index contributed by atoms with van der Waals surface area (Å²) in [4.78, 5) is 12.8. The molecule has 0 bridgehead atoms. The number of anilines is 1. The topological polar surface area (TPSA) is 71.3 Å². The number of amides is 1. The number of halogens is 1. The highest BCUT2D eigenvalue weighted by Crippen LogP contribution is 2.24. The van der Waals surface area contributed by atoms with Crippen LogP contribution in [-0.2, 0) is 18.0 Å². The second-order valence-electron chi connectivity index (χ2n) is 8.81. The summed E-state index contributed by atoms with van der Waals surface area (Å²) in [5.41, 5.74) is 5.63. The summed E-state index contributed by atoms with van der Waals surface area (Å²) in [6, 6.07) is 29.9. The Balaban J connectivity index is 1.39. The number of rotatable bonds is 9. The first-order valence-electron chi connectivity index (χ1n) is 12.1. The third kappa shape index (κ3) is 7.25. The molecule has 190 valence electrons. The Morgan fingerprint density at radius 2 is 1.55 bits per heavy atom. The molecule has 6 heteroatoms. The van der Waals surface area contributed by atoms with Crippen LogP contribution in [0.15, 0.2) is 96.6 Å². The van der Waals surface area contributed by atoms with Gasteiger partial charge in [0.05, 0.1) is 0 Å². The summed E-state index contributed by atoms with van der Waals surface area (Å²) in [7, 11) is 0. The van der Waals surface area contributed by atoms with Crippen LogP contribution in [0.3, 0.4) is 0 Å². The van der Waals surface area contributed by atoms with E-state index in [1.807, 2.05) is 60.7 Å². The molecule has 0 unspecified atom stereocenters. The van der Waals surface area contributed by atoms with Gasteiger partial charge in [-0.2, -0.15) is 5.26 Å². The minimum atomic E-state index is -0.508. The lowest BCUT2D eigenvalue weighted by Crippen LogP contribution is -2.13. The Bertz CT molecular complexity index is 1490. The maximum Gasteiger partial charge on any atom is 0.266 e. The molecule has 1 amide bonds. The van der Waals surface area contributed by atoms with Crippen LogP contribution in [0.1, 0.15) is 27.8 Å². The van der Waals surface area contributed by atoms with Gasteiger partial charge < -0.3 is 14.8 Å². The molecule has 0 saturated heterocycles. The maximum atomic E-state index is 12.8. The first kappa shape index (κ1) is 26.5. The number of carbonyl (C=O) groups excluding carboxylic acids is 1. The Hall–Kier alpha value is -4.53. The molecule has 4 rings (SSSR count). The molecule has 0 spiro atoms. The van der Waals surface area contributed by atoms with E-state index >= 15 is 0 Å². The van der Waals surface area contributed by atoms with E-state index in [0.717, 1.165) is 11.1 Å². The number of nitrogens with zero attached hydrogens (tertiary/aromatic N) is 1. The minimum Gasteiger partial charge on any atom is -0.489 e. The SMILES string of the molecule is Cc1ccc(COc2ccccc2/C=C(\C#N)C(=O)Nc2ccc(OCc3ccc(Cl)cc3)cc2)cc1C. The Morgan fingerprint density at radius 3 is 2.26 bits per heavy atom. The van der Waals surface area contributed by atoms with Crippen LogP contribution in [0.2, 0.25) is 5.02 Å². The summed E-state index contributed by atoms with van der Waals surface area (Å²) < 4.78 is 11.8. The number of ether oxygens (including phenoxy) is 2. The van der Waals surface area contributed by atoms with Gasteiger partial charge >= 0.3 is 0 Å². The van der Waals surface area contributed by atoms with Crippen molar-refractivity contribution >= 4 is 29.3 Å². The molecular formula is C32H27ClN2O3. The molecular weight excluding hydrogens is 496 g/mol. The van der Waals surface area contributed by atoms with Crippen LogP contribution in [0.5, 0.6) is 11.5 Å². The van der Waals surface area contributed by atoms with Gasteiger partial charge in [0.2, 0.25) is 0 Å². The fourth-order valence-corrected chi connectivity index (χ4v) is 3.80. The summed E-state index contributed by atoms with van der Waals surface area (Å²) in [5.74, 6) is 0.739. The number of nitriles is 1. The van der Waals surface area contributed by atoms with Gasteiger partial charge in [-0.1, -0.05) is 60.1 Å². The number of nitrogens with one attached hydrogen (secondary N) is 1. The number of hydrogen-bond acceptors (Lipinski definition) is 4. The molecule has 0 fully saturated rings. The normalized spacial score (nSPS) is 10.9. The largest absolute Gasteiger partial charge is 0.489 e. The van der Waals surface area contributed by atoms with Crippen molar-refractivity contribution in [3.63, 3.8) is 0 Å². The van der Waals surface area contributed by atoms with Gasteiger partial charge in [-0.05, 0) is 84.6 Å². The molecule has 0 aromatic heterocycles. The van der Waals surface area contributed by atoms with Gasteiger partial charge in [0.25, 0.3) is 5.91 Å². The lowest BCUT2D eigenvalue weighted by atomic mass is 10.1. The van der Waals surface area contributed by atoms with Gasteiger partial charge in [-0.25, -0.2) is 0 Å². The van der Waals surface area contributed by atoms with Crippen molar-refractivity contribution in [2.75, 3.05) is 5.32 Å². The van der Waals surface area contributed by atoms with E-state index in [1.54, 1.807) is 24.3 Å². The van der Waals surface area contributed by atoms with Crippen LogP contribution < -0.4 is 14.8 Å². The quantitative estimate of drug-likeness (QED) is 0.181. The molecule has 5 nitrogen and oxygen atoms in total. The van der Waals surface area contributed by atoms with Gasteiger partial charge in [-0.3, -0.25) is 4.79 Å². The Morgan fingerprint density at radius 1 is 0.868 bits per heavy atom.